The van der Waals surface area contributed by atoms with E-state index < -0.39 is 0 Å². The van der Waals surface area contributed by atoms with Crippen molar-refractivity contribution in [2.24, 2.45) is 0 Å². The zero-order valence-electron chi connectivity index (χ0n) is 12.3. The Morgan fingerprint density at radius 1 is 1.15 bits per heavy atom. The van der Waals surface area contributed by atoms with Gasteiger partial charge in [0.05, 0.1) is 24.1 Å². The summed E-state index contributed by atoms with van der Waals surface area (Å²) in [7, 11) is 2.01. The number of rotatable bonds is 6. The van der Waals surface area contributed by atoms with E-state index in [4.69, 9.17) is 0 Å². The lowest BCUT2D eigenvalue weighted by Crippen LogP contribution is -2.20. The van der Waals surface area contributed by atoms with Crippen LogP contribution in [0.5, 0.6) is 0 Å². The summed E-state index contributed by atoms with van der Waals surface area (Å²) in [5.41, 5.74) is 3.02. The van der Waals surface area contributed by atoms with Crippen molar-refractivity contribution in [2.45, 2.75) is 26.9 Å². The Morgan fingerprint density at radius 3 is 2.75 bits per heavy atom. The van der Waals surface area contributed by atoms with Gasteiger partial charge in [-0.15, -0.1) is 0 Å². The number of pyridine rings is 1. The van der Waals surface area contributed by atoms with Crippen molar-refractivity contribution < 1.29 is 0 Å². The van der Waals surface area contributed by atoms with Crippen LogP contribution >= 0.6 is 0 Å². The van der Waals surface area contributed by atoms with Gasteiger partial charge in [-0.05, 0) is 25.6 Å². The zero-order chi connectivity index (χ0) is 14.4. The quantitative estimate of drug-likeness (QED) is 0.870. The molecule has 0 atom stereocenters. The molecule has 2 aromatic rings. The standard InChI is InChI=1S/C15H21N5/c1-4-16-8-14-9-17-10-15(19-14)20(3)11-13-7-5-6-12(2)18-13/h5-7,9-10,16H,4,8,11H2,1-3H3. The lowest BCUT2D eigenvalue weighted by Gasteiger charge is -2.18. The summed E-state index contributed by atoms with van der Waals surface area (Å²) in [6, 6.07) is 6.05. The molecular weight excluding hydrogens is 250 g/mol. The highest BCUT2D eigenvalue weighted by Gasteiger charge is 2.06. The molecule has 0 aliphatic rings. The van der Waals surface area contributed by atoms with Gasteiger partial charge in [0, 0.05) is 25.5 Å². The first-order valence-electron chi connectivity index (χ1n) is 6.84. The molecule has 5 heteroatoms. The second-order valence-corrected chi connectivity index (χ2v) is 4.78. The highest BCUT2D eigenvalue weighted by Crippen LogP contribution is 2.11. The van der Waals surface area contributed by atoms with Gasteiger partial charge in [0.2, 0.25) is 0 Å². The first-order valence-corrected chi connectivity index (χ1v) is 6.84. The van der Waals surface area contributed by atoms with E-state index >= 15 is 0 Å². The number of hydrogen-bond donors (Lipinski definition) is 1. The summed E-state index contributed by atoms with van der Waals surface area (Å²) in [4.78, 5) is 15.4. The summed E-state index contributed by atoms with van der Waals surface area (Å²) in [6.45, 7) is 6.47. The van der Waals surface area contributed by atoms with Crippen molar-refractivity contribution in [2.75, 3.05) is 18.5 Å². The fourth-order valence-electron chi connectivity index (χ4n) is 1.93. The van der Waals surface area contributed by atoms with Crippen LogP contribution in [0, 0.1) is 6.92 Å². The van der Waals surface area contributed by atoms with Crippen molar-refractivity contribution in [1.82, 2.24) is 20.3 Å². The van der Waals surface area contributed by atoms with E-state index in [1.165, 1.54) is 0 Å². The van der Waals surface area contributed by atoms with E-state index in [0.717, 1.165) is 42.5 Å². The summed E-state index contributed by atoms with van der Waals surface area (Å²) in [6.07, 6.45) is 3.58. The minimum Gasteiger partial charge on any atom is -0.352 e. The van der Waals surface area contributed by atoms with Crippen LogP contribution < -0.4 is 10.2 Å². The minimum absolute atomic E-state index is 0.723. The van der Waals surface area contributed by atoms with Crippen molar-refractivity contribution in [3.8, 4) is 0 Å². The van der Waals surface area contributed by atoms with Gasteiger partial charge >= 0.3 is 0 Å². The second-order valence-electron chi connectivity index (χ2n) is 4.78. The number of nitrogens with one attached hydrogen (secondary N) is 1. The molecule has 0 amide bonds. The van der Waals surface area contributed by atoms with Gasteiger partial charge in [0.15, 0.2) is 0 Å². The normalized spacial score (nSPS) is 10.6. The highest BCUT2D eigenvalue weighted by molar-refractivity contribution is 5.35. The number of hydrogen-bond acceptors (Lipinski definition) is 5. The third-order valence-corrected chi connectivity index (χ3v) is 2.96. The Hall–Kier alpha value is -2.01. The van der Waals surface area contributed by atoms with Crippen LogP contribution in [0.4, 0.5) is 5.82 Å². The number of aromatic nitrogens is 3. The van der Waals surface area contributed by atoms with Crippen LogP contribution in [0.3, 0.4) is 0 Å². The SMILES string of the molecule is CCNCc1cncc(N(C)Cc2cccc(C)n2)n1. The van der Waals surface area contributed by atoms with E-state index in [2.05, 4.69) is 32.1 Å². The van der Waals surface area contributed by atoms with Crippen molar-refractivity contribution >= 4 is 5.82 Å². The smallest absolute Gasteiger partial charge is 0.147 e. The molecular formula is C15H21N5. The Kier molecular flexibility index (Phi) is 5.01. The van der Waals surface area contributed by atoms with Crippen LogP contribution in [0.15, 0.2) is 30.6 Å². The lowest BCUT2D eigenvalue weighted by molar-refractivity contribution is 0.704. The summed E-state index contributed by atoms with van der Waals surface area (Å²) >= 11 is 0. The molecule has 0 fully saturated rings. The molecule has 0 aliphatic carbocycles. The van der Waals surface area contributed by atoms with Crippen molar-refractivity contribution in [3.05, 3.63) is 47.7 Å². The predicted molar refractivity (Wildman–Crippen MR) is 80.5 cm³/mol. The van der Waals surface area contributed by atoms with Gasteiger partial charge in [-0.1, -0.05) is 13.0 Å². The van der Waals surface area contributed by atoms with E-state index in [1.807, 2.05) is 32.2 Å². The maximum absolute atomic E-state index is 4.60. The van der Waals surface area contributed by atoms with Gasteiger partial charge in [-0.2, -0.15) is 0 Å². The predicted octanol–water partition coefficient (Wildman–Crippen LogP) is 1.93. The third kappa shape index (κ3) is 3.99. The van der Waals surface area contributed by atoms with Gasteiger partial charge in [0.1, 0.15) is 5.82 Å². The molecule has 0 aliphatic heterocycles. The van der Waals surface area contributed by atoms with E-state index in [9.17, 15) is 0 Å². The van der Waals surface area contributed by atoms with Gasteiger partial charge in [0.25, 0.3) is 0 Å². The van der Waals surface area contributed by atoms with E-state index in [-0.39, 0.29) is 0 Å². The Bertz CT molecular complexity index is 555. The fraction of sp³-hybridized carbons (Fsp3) is 0.400. The second kappa shape index (κ2) is 6.96. The maximum Gasteiger partial charge on any atom is 0.147 e. The van der Waals surface area contributed by atoms with E-state index in [1.54, 1.807) is 12.4 Å². The number of aryl methyl sites for hydroxylation is 1. The minimum atomic E-state index is 0.723. The van der Waals surface area contributed by atoms with Crippen LogP contribution in [0.25, 0.3) is 0 Å². The molecule has 106 valence electrons. The van der Waals surface area contributed by atoms with Crippen LogP contribution in [0.2, 0.25) is 0 Å². The molecule has 0 bridgehead atoms. The van der Waals surface area contributed by atoms with Gasteiger partial charge in [-0.25, -0.2) is 4.98 Å². The average Bonchev–Trinajstić information content (AvgIpc) is 2.45. The molecule has 1 N–H and O–H groups in total. The molecule has 20 heavy (non-hydrogen) atoms. The molecule has 5 nitrogen and oxygen atoms in total. The monoisotopic (exact) mass is 271 g/mol. The Morgan fingerprint density at radius 2 is 2.00 bits per heavy atom. The lowest BCUT2D eigenvalue weighted by atomic mass is 10.3. The van der Waals surface area contributed by atoms with Crippen molar-refractivity contribution in [1.29, 1.82) is 0 Å². The number of nitrogens with zero attached hydrogens (tertiary/aromatic N) is 4. The summed E-state index contributed by atoms with van der Waals surface area (Å²) in [5, 5.41) is 3.25. The molecule has 2 aromatic heterocycles. The van der Waals surface area contributed by atoms with Crippen LogP contribution in [-0.2, 0) is 13.1 Å². The molecule has 0 saturated heterocycles. The summed E-state index contributed by atoms with van der Waals surface area (Å²) in [5.74, 6) is 0.865. The maximum atomic E-state index is 4.60. The molecule has 0 saturated carbocycles. The van der Waals surface area contributed by atoms with Gasteiger partial charge in [-0.3, -0.25) is 9.97 Å². The molecule has 0 radical (unpaired) electrons. The highest BCUT2D eigenvalue weighted by atomic mass is 15.2. The van der Waals surface area contributed by atoms with Crippen LogP contribution in [0.1, 0.15) is 24.0 Å². The Balaban J connectivity index is 2.06. The zero-order valence-corrected chi connectivity index (χ0v) is 12.3. The number of anilines is 1. The molecule has 0 aromatic carbocycles. The first-order chi connectivity index (χ1) is 9.69. The Labute approximate surface area is 120 Å². The molecule has 0 spiro atoms. The first kappa shape index (κ1) is 14.4. The molecule has 0 unspecified atom stereocenters. The summed E-state index contributed by atoms with van der Waals surface area (Å²) < 4.78 is 0. The average molecular weight is 271 g/mol. The molecule has 2 rings (SSSR count). The van der Waals surface area contributed by atoms with Crippen LogP contribution in [-0.4, -0.2) is 28.5 Å². The third-order valence-electron chi connectivity index (χ3n) is 2.96. The largest absolute Gasteiger partial charge is 0.352 e. The van der Waals surface area contributed by atoms with E-state index in [0.29, 0.717) is 0 Å². The van der Waals surface area contributed by atoms with Crippen molar-refractivity contribution in [3.63, 3.8) is 0 Å². The fourth-order valence-corrected chi connectivity index (χ4v) is 1.93. The topological polar surface area (TPSA) is 53.9 Å². The molecule has 2 heterocycles. The van der Waals surface area contributed by atoms with Gasteiger partial charge < -0.3 is 10.2 Å².